The molecule has 0 bridgehead atoms. The Bertz CT molecular complexity index is 414. The Kier molecular flexibility index (Phi) is 3.51. The summed E-state index contributed by atoms with van der Waals surface area (Å²) in [5, 5.41) is 4.07. The maximum atomic E-state index is 12.0. The molecule has 94 valence electrons. The fourth-order valence-corrected chi connectivity index (χ4v) is 2.55. The summed E-state index contributed by atoms with van der Waals surface area (Å²) in [4.78, 5) is 18.3. The summed E-state index contributed by atoms with van der Waals surface area (Å²) in [7, 11) is 1.76. The first kappa shape index (κ1) is 12.2. The zero-order valence-electron chi connectivity index (χ0n) is 10.2. The first-order chi connectivity index (χ1) is 8.11. The molecule has 0 spiro atoms. The Labute approximate surface area is 105 Å². The highest BCUT2D eigenvalue weighted by Gasteiger charge is 2.22. The van der Waals surface area contributed by atoms with Crippen molar-refractivity contribution in [3.8, 4) is 0 Å². The van der Waals surface area contributed by atoms with Gasteiger partial charge in [-0.25, -0.2) is 4.98 Å². The number of nitrogen functional groups attached to an aromatic ring is 1. The summed E-state index contributed by atoms with van der Waals surface area (Å²) < 4.78 is 0. The summed E-state index contributed by atoms with van der Waals surface area (Å²) >= 11 is 1.35. The van der Waals surface area contributed by atoms with Crippen LogP contribution in [0, 0.1) is 0 Å². The zero-order valence-corrected chi connectivity index (χ0v) is 11.0. The van der Waals surface area contributed by atoms with Gasteiger partial charge in [-0.1, -0.05) is 11.3 Å². The van der Waals surface area contributed by atoms with Gasteiger partial charge in [-0.05, 0) is 26.2 Å². The number of aromatic nitrogens is 1. The number of rotatable bonds is 4. The van der Waals surface area contributed by atoms with E-state index in [1.165, 1.54) is 30.6 Å². The SMILES string of the molecule is CCN(C)C(=O)c1sc(NC2CCC2)nc1N. The van der Waals surface area contributed by atoms with Crippen LogP contribution in [0.2, 0.25) is 0 Å². The van der Waals surface area contributed by atoms with E-state index >= 15 is 0 Å². The number of nitrogens with zero attached hydrogens (tertiary/aromatic N) is 2. The third-order valence-electron chi connectivity index (χ3n) is 3.10. The standard InChI is InChI=1S/C11H18N4OS/c1-3-15(2)10(16)8-9(12)14-11(17-8)13-7-5-4-6-7/h7H,3-6,12H2,1-2H3,(H,13,14). The lowest BCUT2D eigenvalue weighted by Gasteiger charge is -2.25. The molecule has 1 aromatic heterocycles. The largest absolute Gasteiger partial charge is 0.382 e. The van der Waals surface area contributed by atoms with Crippen molar-refractivity contribution in [1.29, 1.82) is 0 Å². The second-order valence-electron chi connectivity index (χ2n) is 4.32. The zero-order chi connectivity index (χ0) is 12.4. The van der Waals surface area contributed by atoms with Crippen molar-refractivity contribution >= 4 is 28.2 Å². The third-order valence-corrected chi connectivity index (χ3v) is 4.09. The topological polar surface area (TPSA) is 71.2 Å². The quantitative estimate of drug-likeness (QED) is 0.859. The lowest BCUT2D eigenvalue weighted by molar-refractivity contribution is 0.0808. The van der Waals surface area contributed by atoms with Crippen LogP contribution < -0.4 is 11.1 Å². The van der Waals surface area contributed by atoms with Crippen LogP contribution in [-0.2, 0) is 0 Å². The van der Waals surface area contributed by atoms with Crippen LogP contribution in [-0.4, -0.2) is 35.4 Å². The first-order valence-electron chi connectivity index (χ1n) is 5.90. The molecule has 0 aliphatic heterocycles. The van der Waals surface area contributed by atoms with Crippen LogP contribution in [0.15, 0.2) is 0 Å². The van der Waals surface area contributed by atoms with E-state index in [-0.39, 0.29) is 5.91 Å². The highest BCUT2D eigenvalue weighted by molar-refractivity contribution is 7.18. The highest BCUT2D eigenvalue weighted by Crippen LogP contribution is 2.30. The Morgan fingerprint density at radius 2 is 2.35 bits per heavy atom. The van der Waals surface area contributed by atoms with Crippen LogP contribution in [0.5, 0.6) is 0 Å². The number of thiazole rings is 1. The van der Waals surface area contributed by atoms with Crippen LogP contribution in [0.4, 0.5) is 10.9 Å². The number of nitrogens with two attached hydrogens (primary N) is 1. The van der Waals surface area contributed by atoms with Crippen LogP contribution in [0.1, 0.15) is 35.9 Å². The van der Waals surface area contributed by atoms with E-state index in [0.29, 0.717) is 23.3 Å². The number of carbonyl (C=O) groups is 1. The summed E-state index contributed by atoms with van der Waals surface area (Å²) in [6, 6.07) is 0.507. The fraction of sp³-hybridized carbons (Fsp3) is 0.636. The third kappa shape index (κ3) is 2.52. The van der Waals surface area contributed by atoms with Gasteiger partial charge in [0.1, 0.15) is 10.7 Å². The van der Waals surface area contributed by atoms with Crippen molar-refractivity contribution in [1.82, 2.24) is 9.88 Å². The van der Waals surface area contributed by atoms with Gasteiger partial charge in [-0.2, -0.15) is 0 Å². The van der Waals surface area contributed by atoms with Crippen LogP contribution in [0.25, 0.3) is 0 Å². The van der Waals surface area contributed by atoms with Gasteiger partial charge >= 0.3 is 0 Å². The van der Waals surface area contributed by atoms with Crippen LogP contribution >= 0.6 is 11.3 Å². The molecule has 6 heteroatoms. The van der Waals surface area contributed by atoms with E-state index in [2.05, 4.69) is 10.3 Å². The maximum Gasteiger partial charge on any atom is 0.267 e. The van der Waals surface area contributed by atoms with Crippen molar-refractivity contribution in [2.75, 3.05) is 24.6 Å². The molecule has 0 atom stereocenters. The predicted molar refractivity (Wildman–Crippen MR) is 70.4 cm³/mol. The number of carbonyl (C=O) groups excluding carboxylic acids is 1. The molecule has 2 rings (SSSR count). The van der Waals surface area contributed by atoms with Gasteiger partial charge in [-0.3, -0.25) is 4.79 Å². The minimum Gasteiger partial charge on any atom is -0.382 e. The Balaban J connectivity index is 2.09. The highest BCUT2D eigenvalue weighted by atomic mass is 32.1. The summed E-state index contributed by atoms with van der Waals surface area (Å²) in [6.45, 7) is 2.60. The molecule has 17 heavy (non-hydrogen) atoms. The van der Waals surface area contributed by atoms with Gasteiger partial charge < -0.3 is 16.0 Å². The fourth-order valence-electron chi connectivity index (χ4n) is 1.59. The van der Waals surface area contributed by atoms with E-state index in [0.717, 1.165) is 5.13 Å². The monoisotopic (exact) mass is 254 g/mol. The van der Waals surface area contributed by atoms with Crippen molar-refractivity contribution in [3.63, 3.8) is 0 Å². The number of hydrogen-bond donors (Lipinski definition) is 2. The van der Waals surface area contributed by atoms with Crippen molar-refractivity contribution in [3.05, 3.63) is 4.88 Å². The molecule has 0 aromatic carbocycles. The molecule has 1 aromatic rings. The number of amides is 1. The summed E-state index contributed by atoms with van der Waals surface area (Å²) in [5.74, 6) is 0.284. The molecule has 1 aliphatic carbocycles. The first-order valence-corrected chi connectivity index (χ1v) is 6.71. The van der Waals surface area contributed by atoms with E-state index in [1.54, 1.807) is 11.9 Å². The smallest absolute Gasteiger partial charge is 0.267 e. The molecule has 0 unspecified atom stereocenters. The Morgan fingerprint density at radius 3 is 2.88 bits per heavy atom. The molecule has 1 saturated carbocycles. The molecule has 0 radical (unpaired) electrons. The molecular weight excluding hydrogens is 236 g/mol. The van der Waals surface area contributed by atoms with E-state index in [9.17, 15) is 4.79 Å². The number of anilines is 2. The van der Waals surface area contributed by atoms with Gasteiger partial charge in [0, 0.05) is 19.6 Å². The Morgan fingerprint density at radius 1 is 1.65 bits per heavy atom. The van der Waals surface area contributed by atoms with Gasteiger partial charge in [-0.15, -0.1) is 0 Å². The lowest BCUT2D eigenvalue weighted by atomic mass is 9.93. The second kappa shape index (κ2) is 4.91. The molecule has 0 saturated heterocycles. The van der Waals surface area contributed by atoms with Crippen molar-refractivity contribution < 1.29 is 4.79 Å². The number of hydrogen-bond acceptors (Lipinski definition) is 5. The average molecular weight is 254 g/mol. The van der Waals surface area contributed by atoms with Crippen molar-refractivity contribution in [2.24, 2.45) is 0 Å². The van der Waals surface area contributed by atoms with E-state index in [1.807, 2.05) is 6.92 Å². The van der Waals surface area contributed by atoms with Crippen LogP contribution in [0.3, 0.4) is 0 Å². The van der Waals surface area contributed by atoms with Gasteiger partial charge in [0.2, 0.25) is 0 Å². The Hall–Kier alpha value is -1.30. The minimum atomic E-state index is -0.0517. The van der Waals surface area contributed by atoms with Gasteiger partial charge in [0.05, 0.1) is 0 Å². The van der Waals surface area contributed by atoms with E-state index < -0.39 is 0 Å². The van der Waals surface area contributed by atoms with Gasteiger partial charge in [0.25, 0.3) is 5.91 Å². The molecule has 1 aliphatic rings. The molecule has 3 N–H and O–H groups in total. The predicted octanol–water partition coefficient (Wildman–Crippen LogP) is 1.78. The molecule has 1 heterocycles. The minimum absolute atomic E-state index is 0.0517. The molecular formula is C11H18N4OS. The number of nitrogens with one attached hydrogen (secondary N) is 1. The summed E-state index contributed by atoms with van der Waals surface area (Å²) in [6.07, 6.45) is 3.62. The lowest BCUT2D eigenvalue weighted by Crippen LogP contribution is -2.26. The molecule has 5 nitrogen and oxygen atoms in total. The molecule has 1 fully saturated rings. The second-order valence-corrected chi connectivity index (χ2v) is 5.32. The summed E-state index contributed by atoms with van der Waals surface area (Å²) in [5.41, 5.74) is 5.78. The maximum absolute atomic E-state index is 12.0. The van der Waals surface area contributed by atoms with Gasteiger partial charge in [0.15, 0.2) is 5.13 Å². The molecule has 1 amide bonds. The van der Waals surface area contributed by atoms with Crippen molar-refractivity contribution in [2.45, 2.75) is 32.2 Å². The average Bonchev–Trinajstić information content (AvgIpc) is 2.63. The van der Waals surface area contributed by atoms with E-state index in [4.69, 9.17) is 5.73 Å². The normalized spacial score (nSPS) is 15.4.